The maximum Gasteiger partial charge on any atom is 0.245 e. The largest absolute Gasteiger partial charge is 0.366 e. The van der Waals surface area contributed by atoms with E-state index in [2.05, 4.69) is 15.5 Å². The molecule has 0 aliphatic heterocycles. The van der Waals surface area contributed by atoms with Crippen molar-refractivity contribution in [3.05, 3.63) is 28.2 Å². The summed E-state index contributed by atoms with van der Waals surface area (Å²) in [6.07, 6.45) is 0. The van der Waals surface area contributed by atoms with Crippen molar-refractivity contribution in [2.75, 3.05) is 5.73 Å². The van der Waals surface area contributed by atoms with Crippen LogP contribution in [-0.2, 0) is 0 Å². The number of halogens is 2. The van der Waals surface area contributed by atoms with Gasteiger partial charge in [0, 0.05) is 5.02 Å². The average Bonchev–Trinajstić information content (AvgIpc) is 2.52. The maximum absolute atomic E-state index is 5.94. The van der Waals surface area contributed by atoms with Crippen molar-refractivity contribution in [2.45, 2.75) is 0 Å². The number of nitrogens with two attached hydrogens (primary N) is 1. The fraction of sp³-hybridized carbons (Fsp3) is 0. The molecule has 0 saturated carbocycles. The molecule has 0 saturated heterocycles. The van der Waals surface area contributed by atoms with Crippen LogP contribution in [0.5, 0.6) is 0 Å². The number of nitrogens with zero attached hydrogens (tertiary/aromatic N) is 4. The lowest BCUT2D eigenvalue weighted by molar-refractivity contribution is 0.792. The summed E-state index contributed by atoms with van der Waals surface area (Å²) in [5.41, 5.74) is 6.11. The summed E-state index contributed by atoms with van der Waals surface area (Å²) in [6, 6.07) is 4.97. The third kappa shape index (κ3) is 1.51. The summed E-state index contributed by atoms with van der Waals surface area (Å²) in [5.74, 6) is 0.175. The Morgan fingerprint density at radius 3 is 2.64 bits per heavy atom. The lowest BCUT2D eigenvalue weighted by atomic mass is 10.3. The van der Waals surface area contributed by atoms with Gasteiger partial charge < -0.3 is 5.73 Å². The SMILES string of the molecule is Nc1nnnn1-c1ccc(Cl)cc1Cl. The third-order valence-electron chi connectivity index (χ3n) is 1.63. The Bertz CT molecular complexity index is 467. The molecular formula is C7H5Cl2N5. The summed E-state index contributed by atoms with van der Waals surface area (Å²) < 4.78 is 1.33. The highest BCUT2D eigenvalue weighted by Crippen LogP contribution is 2.24. The molecule has 2 N–H and O–H groups in total. The Hall–Kier alpha value is -1.33. The number of tetrazole rings is 1. The van der Waals surface area contributed by atoms with Gasteiger partial charge in [0.15, 0.2) is 0 Å². The predicted octanol–water partition coefficient (Wildman–Crippen LogP) is 1.55. The van der Waals surface area contributed by atoms with Crippen molar-refractivity contribution >= 4 is 29.2 Å². The van der Waals surface area contributed by atoms with Crippen molar-refractivity contribution in [2.24, 2.45) is 0 Å². The van der Waals surface area contributed by atoms with Gasteiger partial charge in [-0.15, -0.1) is 0 Å². The molecule has 5 nitrogen and oxygen atoms in total. The van der Waals surface area contributed by atoms with E-state index in [0.29, 0.717) is 15.7 Å². The van der Waals surface area contributed by atoms with Crippen molar-refractivity contribution in [3.63, 3.8) is 0 Å². The van der Waals surface area contributed by atoms with Gasteiger partial charge in [-0.05, 0) is 28.6 Å². The third-order valence-corrected chi connectivity index (χ3v) is 2.17. The molecule has 72 valence electrons. The predicted molar refractivity (Wildman–Crippen MR) is 53.6 cm³/mol. The van der Waals surface area contributed by atoms with Crippen molar-refractivity contribution < 1.29 is 0 Å². The molecule has 0 atom stereocenters. The highest BCUT2D eigenvalue weighted by atomic mass is 35.5. The number of hydrogen-bond donors (Lipinski definition) is 1. The number of aromatic nitrogens is 4. The Labute approximate surface area is 89.4 Å². The van der Waals surface area contributed by atoms with Crippen LogP contribution in [-0.4, -0.2) is 20.2 Å². The first-order valence-corrected chi connectivity index (χ1v) is 4.43. The average molecular weight is 230 g/mol. The molecule has 0 spiro atoms. The van der Waals surface area contributed by atoms with Crippen LogP contribution in [0.3, 0.4) is 0 Å². The molecule has 2 aromatic rings. The molecule has 1 aromatic carbocycles. The van der Waals surface area contributed by atoms with Crippen LogP contribution >= 0.6 is 23.2 Å². The normalized spacial score (nSPS) is 10.4. The molecule has 0 bridgehead atoms. The number of benzene rings is 1. The van der Waals surface area contributed by atoms with Crippen LogP contribution in [0.4, 0.5) is 5.95 Å². The summed E-state index contributed by atoms with van der Waals surface area (Å²) in [4.78, 5) is 0. The van der Waals surface area contributed by atoms with Crippen LogP contribution in [0.1, 0.15) is 0 Å². The maximum atomic E-state index is 5.94. The van der Waals surface area contributed by atoms with Gasteiger partial charge in [0.2, 0.25) is 5.95 Å². The molecule has 1 heterocycles. The first-order chi connectivity index (χ1) is 6.68. The molecule has 0 aliphatic rings. The van der Waals surface area contributed by atoms with Crippen LogP contribution in [0.2, 0.25) is 10.0 Å². The van der Waals surface area contributed by atoms with Crippen LogP contribution in [0, 0.1) is 0 Å². The fourth-order valence-electron chi connectivity index (χ4n) is 1.02. The van der Waals surface area contributed by atoms with E-state index in [4.69, 9.17) is 28.9 Å². The Kier molecular flexibility index (Phi) is 2.26. The second-order valence-corrected chi connectivity index (χ2v) is 3.39. The molecule has 0 fully saturated rings. The first-order valence-electron chi connectivity index (χ1n) is 3.68. The van der Waals surface area contributed by atoms with E-state index in [9.17, 15) is 0 Å². The Balaban J connectivity index is 2.58. The van der Waals surface area contributed by atoms with E-state index in [1.54, 1.807) is 18.2 Å². The quantitative estimate of drug-likeness (QED) is 0.806. The second-order valence-electron chi connectivity index (χ2n) is 2.54. The molecule has 0 unspecified atom stereocenters. The summed E-state index contributed by atoms with van der Waals surface area (Å²) in [5, 5.41) is 11.6. The molecular weight excluding hydrogens is 225 g/mol. The van der Waals surface area contributed by atoms with Gasteiger partial charge in [0.1, 0.15) is 0 Å². The molecule has 0 aliphatic carbocycles. The standard InChI is InChI=1S/C7H5Cl2N5/c8-4-1-2-6(5(9)3-4)14-7(10)11-12-13-14/h1-3H,(H2,10,11,13). The second kappa shape index (κ2) is 3.43. The summed E-state index contributed by atoms with van der Waals surface area (Å²) in [7, 11) is 0. The Morgan fingerprint density at radius 2 is 2.07 bits per heavy atom. The topological polar surface area (TPSA) is 69.6 Å². The monoisotopic (exact) mass is 229 g/mol. The van der Waals surface area contributed by atoms with Crippen LogP contribution in [0.25, 0.3) is 5.69 Å². The fourth-order valence-corrected chi connectivity index (χ4v) is 1.51. The molecule has 1 aromatic heterocycles. The minimum absolute atomic E-state index is 0.175. The summed E-state index contributed by atoms with van der Waals surface area (Å²) in [6.45, 7) is 0. The van der Waals surface area contributed by atoms with Gasteiger partial charge in [0.25, 0.3) is 0 Å². The minimum atomic E-state index is 0.175. The van der Waals surface area contributed by atoms with Gasteiger partial charge in [-0.2, -0.15) is 4.68 Å². The molecule has 0 amide bonds. The van der Waals surface area contributed by atoms with E-state index >= 15 is 0 Å². The zero-order valence-corrected chi connectivity index (χ0v) is 8.37. The van der Waals surface area contributed by atoms with Gasteiger partial charge in [0.05, 0.1) is 10.7 Å². The van der Waals surface area contributed by atoms with Gasteiger partial charge in [-0.3, -0.25) is 0 Å². The Morgan fingerprint density at radius 1 is 1.29 bits per heavy atom. The molecule has 0 radical (unpaired) electrons. The highest BCUT2D eigenvalue weighted by Gasteiger charge is 2.08. The van der Waals surface area contributed by atoms with E-state index < -0.39 is 0 Å². The van der Waals surface area contributed by atoms with E-state index in [0.717, 1.165) is 0 Å². The zero-order chi connectivity index (χ0) is 10.1. The zero-order valence-electron chi connectivity index (χ0n) is 6.85. The lowest BCUT2D eigenvalue weighted by Crippen LogP contribution is -2.02. The molecule has 7 heteroatoms. The number of hydrogen-bond acceptors (Lipinski definition) is 4. The van der Waals surface area contributed by atoms with E-state index in [1.165, 1.54) is 4.68 Å². The van der Waals surface area contributed by atoms with Gasteiger partial charge in [-0.25, -0.2) is 0 Å². The number of anilines is 1. The minimum Gasteiger partial charge on any atom is -0.366 e. The number of rotatable bonds is 1. The van der Waals surface area contributed by atoms with Crippen LogP contribution < -0.4 is 5.73 Å². The van der Waals surface area contributed by atoms with Crippen molar-refractivity contribution in [1.82, 2.24) is 20.2 Å². The van der Waals surface area contributed by atoms with E-state index in [-0.39, 0.29) is 5.95 Å². The first kappa shape index (κ1) is 9.23. The smallest absolute Gasteiger partial charge is 0.245 e. The molecule has 14 heavy (non-hydrogen) atoms. The summed E-state index contributed by atoms with van der Waals surface area (Å²) >= 11 is 11.7. The number of nitrogen functional groups attached to an aromatic ring is 1. The van der Waals surface area contributed by atoms with Gasteiger partial charge in [-0.1, -0.05) is 28.3 Å². The van der Waals surface area contributed by atoms with E-state index in [1.807, 2.05) is 0 Å². The van der Waals surface area contributed by atoms with Gasteiger partial charge >= 0.3 is 0 Å². The lowest BCUT2D eigenvalue weighted by Gasteiger charge is -2.03. The molecule has 2 rings (SSSR count). The van der Waals surface area contributed by atoms with Crippen LogP contribution in [0.15, 0.2) is 18.2 Å². The van der Waals surface area contributed by atoms with Crippen molar-refractivity contribution in [1.29, 1.82) is 0 Å². The van der Waals surface area contributed by atoms with Crippen molar-refractivity contribution in [3.8, 4) is 5.69 Å². The highest BCUT2D eigenvalue weighted by molar-refractivity contribution is 6.35.